The average molecular weight is 203 g/mol. The second-order valence-corrected chi connectivity index (χ2v) is 2.54. The lowest BCUT2D eigenvalue weighted by Gasteiger charge is -1.84. The van der Waals surface area contributed by atoms with E-state index >= 15 is 0 Å². The molecule has 0 unspecified atom stereocenters. The lowest BCUT2D eigenvalue weighted by molar-refractivity contribution is 1.27. The van der Waals surface area contributed by atoms with Gasteiger partial charge in [-0.2, -0.15) is 0 Å². The van der Waals surface area contributed by atoms with Gasteiger partial charge >= 0.3 is 0 Å². The molecule has 0 bridgehead atoms. The van der Waals surface area contributed by atoms with Gasteiger partial charge in [-0.25, -0.2) is 0 Å². The molecule has 15 heavy (non-hydrogen) atoms. The molecular weight excluding hydrogens is 182 g/mol. The van der Waals surface area contributed by atoms with Crippen molar-refractivity contribution in [3.8, 4) is 0 Å². The van der Waals surface area contributed by atoms with Crippen molar-refractivity contribution >= 4 is 12.2 Å². The Morgan fingerprint density at radius 3 is 2.53 bits per heavy atom. The van der Waals surface area contributed by atoms with Gasteiger partial charge in [0.15, 0.2) is 0 Å². The summed E-state index contributed by atoms with van der Waals surface area (Å²) in [5, 5.41) is 2.49. The standard InChI is InChI=1S/C10H9N.2C2H6/c1-2-4-9-6-7-11-8-10(9)5-3-1;2*1-2/h1-2,4-8H,3H2;2*1-2H3. The van der Waals surface area contributed by atoms with E-state index in [4.69, 9.17) is 0 Å². The van der Waals surface area contributed by atoms with Gasteiger partial charge in [-0.15, -0.1) is 0 Å². The summed E-state index contributed by atoms with van der Waals surface area (Å²) in [6.07, 6.45) is 13.3. The first-order valence-electron chi connectivity index (χ1n) is 5.74. The second kappa shape index (κ2) is 9.20. The molecule has 0 radical (unpaired) electrons. The van der Waals surface area contributed by atoms with E-state index in [0.29, 0.717) is 0 Å². The Morgan fingerprint density at radius 2 is 1.80 bits per heavy atom. The minimum Gasteiger partial charge on any atom is -0.264 e. The first kappa shape index (κ1) is 13.6. The van der Waals surface area contributed by atoms with Crippen LogP contribution in [0.5, 0.6) is 0 Å². The van der Waals surface area contributed by atoms with Crippen LogP contribution in [0.25, 0.3) is 12.2 Å². The molecule has 1 aromatic heterocycles. The summed E-state index contributed by atoms with van der Waals surface area (Å²) < 4.78 is 0. The fraction of sp³-hybridized carbons (Fsp3) is 0.357. The van der Waals surface area contributed by atoms with Gasteiger partial charge in [-0.3, -0.25) is 4.98 Å². The van der Waals surface area contributed by atoms with Crippen LogP contribution in [0.15, 0.2) is 30.6 Å². The van der Waals surface area contributed by atoms with Gasteiger partial charge in [0.05, 0.1) is 0 Å². The van der Waals surface area contributed by atoms with Crippen molar-refractivity contribution < 1.29 is 0 Å². The van der Waals surface area contributed by atoms with Crippen molar-refractivity contribution in [3.05, 3.63) is 41.0 Å². The maximum Gasteiger partial charge on any atom is 0.0343 e. The minimum atomic E-state index is 1.01. The average Bonchev–Trinajstić information content (AvgIpc) is 2.59. The van der Waals surface area contributed by atoms with Gasteiger partial charge in [0.2, 0.25) is 0 Å². The molecule has 0 fully saturated rings. The van der Waals surface area contributed by atoms with E-state index in [1.54, 1.807) is 0 Å². The first-order chi connectivity index (χ1) is 7.47. The van der Waals surface area contributed by atoms with Gasteiger partial charge < -0.3 is 0 Å². The van der Waals surface area contributed by atoms with E-state index < -0.39 is 0 Å². The number of pyridine rings is 1. The highest BCUT2D eigenvalue weighted by Crippen LogP contribution is 1.87. The van der Waals surface area contributed by atoms with Crippen LogP contribution in [0, 0.1) is 0 Å². The van der Waals surface area contributed by atoms with Gasteiger partial charge in [0.25, 0.3) is 0 Å². The number of fused-ring (bicyclic) bond motifs is 1. The summed E-state index contributed by atoms with van der Waals surface area (Å²) in [6.45, 7) is 8.00. The molecule has 1 heterocycles. The summed E-state index contributed by atoms with van der Waals surface area (Å²) in [5.74, 6) is 0. The first-order valence-corrected chi connectivity index (χ1v) is 5.74. The normalized spacial score (nSPS) is 11.2. The van der Waals surface area contributed by atoms with Crippen LogP contribution in [-0.4, -0.2) is 4.98 Å². The molecular formula is C14H21N. The summed E-state index contributed by atoms with van der Waals surface area (Å²) in [7, 11) is 0. The summed E-state index contributed by atoms with van der Waals surface area (Å²) >= 11 is 0. The molecule has 0 N–H and O–H groups in total. The van der Waals surface area contributed by atoms with Gasteiger partial charge in [-0.1, -0.05) is 52.0 Å². The third kappa shape index (κ3) is 4.59. The zero-order valence-electron chi connectivity index (χ0n) is 10.2. The predicted molar refractivity (Wildman–Crippen MR) is 68.9 cm³/mol. The second-order valence-electron chi connectivity index (χ2n) is 2.54. The number of allylic oxidation sites excluding steroid dienone is 2. The van der Waals surface area contributed by atoms with E-state index in [9.17, 15) is 0 Å². The molecule has 1 aromatic rings. The molecule has 1 nitrogen and oxygen atoms in total. The highest BCUT2D eigenvalue weighted by molar-refractivity contribution is 5.43. The zero-order valence-corrected chi connectivity index (χ0v) is 10.2. The van der Waals surface area contributed by atoms with Crippen molar-refractivity contribution in [2.45, 2.75) is 34.1 Å². The van der Waals surface area contributed by atoms with Crippen LogP contribution < -0.4 is 10.4 Å². The number of rotatable bonds is 0. The summed E-state index contributed by atoms with van der Waals surface area (Å²) in [4.78, 5) is 4.06. The molecule has 0 saturated carbocycles. The third-order valence-corrected chi connectivity index (χ3v) is 1.77. The Hall–Kier alpha value is -1.37. The van der Waals surface area contributed by atoms with Crippen molar-refractivity contribution in [3.63, 3.8) is 0 Å². The fourth-order valence-electron chi connectivity index (χ4n) is 1.19. The van der Waals surface area contributed by atoms with Crippen LogP contribution in [0.3, 0.4) is 0 Å². The maximum absolute atomic E-state index is 4.06. The Kier molecular flexibility index (Phi) is 8.36. The topological polar surface area (TPSA) is 12.9 Å². The minimum absolute atomic E-state index is 1.01. The Morgan fingerprint density at radius 1 is 1.07 bits per heavy atom. The molecule has 0 atom stereocenters. The SMILES string of the molecule is C1=CCC=c2cnccc2=C1.CC.CC. The maximum atomic E-state index is 4.06. The molecule has 1 aliphatic rings. The van der Waals surface area contributed by atoms with Crippen molar-refractivity contribution in [2.75, 3.05) is 0 Å². The smallest absolute Gasteiger partial charge is 0.0343 e. The highest BCUT2D eigenvalue weighted by atomic mass is 14.6. The van der Waals surface area contributed by atoms with E-state index in [1.165, 1.54) is 10.4 Å². The van der Waals surface area contributed by atoms with Gasteiger partial charge in [0, 0.05) is 12.4 Å². The Balaban J connectivity index is 0.000000442. The van der Waals surface area contributed by atoms with Gasteiger partial charge in [0.1, 0.15) is 0 Å². The summed E-state index contributed by atoms with van der Waals surface area (Å²) in [5.41, 5.74) is 0. The van der Waals surface area contributed by atoms with Gasteiger partial charge in [-0.05, 0) is 22.9 Å². The van der Waals surface area contributed by atoms with Crippen LogP contribution in [0.2, 0.25) is 0 Å². The molecule has 0 aromatic carbocycles. The van der Waals surface area contributed by atoms with E-state index in [1.807, 2.05) is 46.2 Å². The molecule has 0 spiro atoms. The molecule has 1 aliphatic carbocycles. The largest absolute Gasteiger partial charge is 0.264 e. The molecule has 1 heteroatoms. The number of aromatic nitrogens is 1. The monoisotopic (exact) mass is 203 g/mol. The molecule has 0 saturated heterocycles. The quantitative estimate of drug-likeness (QED) is 0.631. The van der Waals surface area contributed by atoms with Crippen molar-refractivity contribution in [1.29, 1.82) is 0 Å². The lowest BCUT2D eigenvalue weighted by atomic mass is 10.3. The number of hydrogen-bond donors (Lipinski definition) is 0. The molecule has 0 aliphatic heterocycles. The van der Waals surface area contributed by atoms with E-state index in [2.05, 4.69) is 29.3 Å². The lowest BCUT2D eigenvalue weighted by Crippen LogP contribution is -2.23. The molecule has 82 valence electrons. The summed E-state index contributed by atoms with van der Waals surface area (Å²) in [6, 6.07) is 2.03. The van der Waals surface area contributed by atoms with Crippen LogP contribution in [-0.2, 0) is 0 Å². The number of nitrogens with zero attached hydrogens (tertiary/aromatic N) is 1. The van der Waals surface area contributed by atoms with Crippen LogP contribution in [0.4, 0.5) is 0 Å². The highest BCUT2D eigenvalue weighted by Gasteiger charge is 1.85. The van der Waals surface area contributed by atoms with Crippen molar-refractivity contribution in [1.82, 2.24) is 4.98 Å². The molecule has 0 amide bonds. The zero-order chi connectivity index (χ0) is 11.5. The number of hydrogen-bond acceptors (Lipinski definition) is 1. The van der Waals surface area contributed by atoms with E-state index in [-0.39, 0.29) is 0 Å². The fourth-order valence-corrected chi connectivity index (χ4v) is 1.19. The Bertz CT molecular complexity index is 388. The molecule has 2 rings (SSSR count). The predicted octanol–water partition coefficient (Wildman–Crippen LogP) is 2.65. The van der Waals surface area contributed by atoms with Crippen molar-refractivity contribution in [2.24, 2.45) is 0 Å². The third-order valence-electron chi connectivity index (χ3n) is 1.77. The van der Waals surface area contributed by atoms with Crippen LogP contribution >= 0.6 is 0 Å². The van der Waals surface area contributed by atoms with E-state index in [0.717, 1.165) is 6.42 Å². The Labute approximate surface area is 92.9 Å². The van der Waals surface area contributed by atoms with Crippen LogP contribution in [0.1, 0.15) is 34.1 Å².